The molecule has 0 saturated carbocycles. The molecule has 1 amide bonds. The number of nitrogens with zero attached hydrogens (tertiary/aromatic N) is 1. The molecule has 0 spiro atoms. The summed E-state index contributed by atoms with van der Waals surface area (Å²) in [6, 6.07) is 8.83. The van der Waals surface area contributed by atoms with Crippen molar-refractivity contribution in [1.29, 1.82) is 0 Å². The average molecular weight is 274 g/mol. The number of nitrogens with one attached hydrogen (secondary N) is 1. The highest BCUT2D eigenvalue weighted by Gasteiger charge is 2.29. The maximum absolute atomic E-state index is 12.4. The van der Waals surface area contributed by atoms with Gasteiger partial charge in [0.2, 0.25) is 5.91 Å². The van der Waals surface area contributed by atoms with Crippen LogP contribution in [0.15, 0.2) is 24.3 Å². The number of rotatable bonds is 4. The summed E-state index contributed by atoms with van der Waals surface area (Å²) in [5.74, 6) is 0.845. The van der Waals surface area contributed by atoms with Crippen molar-refractivity contribution >= 4 is 5.91 Å². The molecule has 2 unspecified atom stereocenters. The van der Waals surface area contributed by atoms with Crippen LogP contribution in [0.3, 0.4) is 0 Å². The van der Waals surface area contributed by atoms with Crippen LogP contribution in [-0.2, 0) is 11.2 Å². The Labute approximate surface area is 122 Å². The van der Waals surface area contributed by atoms with E-state index in [0.29, 0.717) is 18.4 Å². The number of benzene rings is 1. The second-order valence-electron chi connectivity index (χ2n) is 5.85. The second-order valence-corrected chi connectivity index (χ2v) is 5.85. The molecule has 1 fully saturated rings. The maximum Gasteiger partial charge on any atom is 0.227 e. The highest BCUT2D eigenvalue weighted by molar-refractivity contribution is 5.78. The Morgan fingerprint density at radius 2 is 2.05 bits per heavy atom. The largest absolute Gasteiger partial charge is 0.342 e. The minimum Gasteiger partial charge on any atom is -0.342 e. The third-order valence-electron chi connectivity index (χ3n) is 4.46. The molecule has 2 atom stereocenters. The van der Waals surface area contributed by atoms with Gasteiger partial charge in [-0.1, -0.05) is 43.2 Å². The molecule has 3 nitrogen and oxygen atoms in total. The Balaban J connectivity index is 1.94. The van der Waals surface area contributed by atoms with Crippen molar-refractivity contribution in [3.8, 4) is 0 Å². The van der Waals surface area contributed by atoms with Gasteiger partial charge in [-0.25, -0.2) is 0 Å². The van der Waals surface area contributed by atoms with E-state index < -0.39 is 0 Å². The number of aryl methyl sites for hydroxylation is 1. The molecular formula is C17H26N2O. The average Bonchev–Trinajstić information content (AvgIpc) is 2.48. The van der Waals surface area contributed by atoms with Crippen LogP contribution in [0, 0.1) is 12.8 Å². The molecule has 1 heterocycles. The fraction of sp³-hybridized carbons (Fsp3) is 0.588. The minimum absolute atomic E-state index is 0.266. The molecule has 20 heavy (non-hydrogen) atoms. The minimum atomic E-state index is 0.266. The number of amides is 1. The number of likely N-dealkylation sites (tertiary alicyclic amines) is 1. The van der Waals surface area contributed by atoms with Crippen LogP contribution < -0.4 is 5.32 Å². The van der Waals surface area contributed by atoms with Gasteiger partial charge in [-0.05, 0) is 31.9 Å². The van der Waals surface area contributed by atoms with Crippen molar-refractivity contribution in [3.63, 3.8) is 0 Å². The number of hydrogen-bond acceptors (Lipinski definition) is 2. The first kappa shape index (κ1) is 15.0. The molecule has 110 valence electrons. The number of hydrogen-bond donors (Lipinski definition) is 1. The molecular weight excluding hydrogens is 248 g/mol. The van der Waals surface area contributed by atoms with E-state index in [0.717, 1.165) is 31.5 Å². The summed E-state index contributed by atoms with van der Waals surface area (Å²) in [6.45, 7) is 6.06. The zero-order chi connectivity index (χ0) is 14.5. The van der Waals surface area contributed by atoms with E-state index in [-0.39, 0.29) is 5.91 Å². The van der Waals surface area contributed by atoms with Gasteiger partial charge in [-0.15, -0.1) is 0 Å². The lowest BCUT2D eigenvalue weighted by Crippen LogP contribution is -2.50. The summed E-state index contributed by atoms with van der Waals surface area (Å²) in [6.07, 6.45) is 2.72. The lowest BCUT2D eigenvalue weighted by molar-refractivity contribution is -0.132. The normalized spacial score (nSPS) is 22.9. The smallest absolute Gasteiger partial charge is 0.227 e. The van der Waals surface area contributed by atoms with Crippen LogP contribution in [0.5, 0.6) is 0 Å². The van der Waals surface area contributed by atoms with Gasteiger partial charge < -0.3 is 10.2 Å². The predicted octanol–water partition coefficient (Wildman–Crippen LogP) is 2.38. The SMILES string of the molecule is CCC1CN(C(=O)Cc2ccc(C)cc2)CCC1NC. The predicted molar refractivity (Wildman–Crippen MR) is 82.7 cm³/mol. The first-order chi connectivity index (χ1) is 9.63. The Bertz CT molecular complexity index is 441. The Morgan fingerprint density at radius 1 is 1.35 bits per heavy atom. The van der Waals surface area contributed by atoms with E-state index in [1.807, 2.05) is 11.9 Å². The van der Waals surface area contributed by atoms with Crippen LogP contribution in [0.1, 0.15) is 30.9 Å². The van der Waals surface area contributed by atoms with Gasteiger partial charge in [-0.3, -0.25) is 4.79 Å². The first-order valence-electron chi connectivity index (χ1n) is 7.64. The summed E-state index contributed by atoms with van der Waals surface area (Å²) < 4.78 is 0. The van der Waals surface area contributed by atoms with Crippen molar-refractivity contribution in [2.75, 3.05) is 20.1 Å². The van der Waals surface area contributed by atoms with E-state index in [2.05, 4.69) is 43.4 Å². The number of piperidine rings is 1. The molecule has 0 bridgehead atoms. The zero-order valence-corrected chi connectivity index (χ0v) is 12.9. The standard InChI is InChI=1S/C17H26N2O/c1-4-15-12-19(10-9-16(15)18-3)17(20)11-14-7-5-13(2)6-8-14/h5-8,15-16,18H,4,9-12H2,1-3H3. The van der Waals surface area contributed by atoms with Crippen LogP contribution in [0.25, 0.3) is 0 Å². The molecule has 1 aromatic rings. The second kappa shape index (κ2) is 6.89. The van der Waals surface area contributed by atoms with Gasteiger partial charge in [0.1, 0.15) is 0 Å². The number of carbonyl (C=O) groups is 1. The van der Waals surface area contributed by atoms with Gasteiger partial charge in [0.25, 0.3) is 0 Å². The van der Waals surface area contributed by atoms with Crippen molar-refractivity contribution in [2.45, 2.75) is 39.2 Å². The summed E-state index contributed by atoms with van der Waals surface area (Å²) in [7, 11) is 2.02. The van der Waals surface area contributed by atoms with E-state index in [4.69, 9.17) is 0 Å². The molecule has 1 aliphatic heterocycles. The van der Waals surface area contributed by atoms with Crippen LogP contribution in [-0.4, -0.2) is 37.0 Å². The molecule has 0 aliphatic carbocycles. The van der Waals surface area contributed by atoms with E-state index in [1.165, 1.54) is 5.56 Å². The fourth-order valence-corrected chi connectivity index (χ4v) is 3.04. The van der Waals surface area contributed by atoms with E-state index >= 15 is 0 Å². The van der Waals surface area contributed by atoms with Gasteiger partial charge >= 0.3 is 0 Å². The summed E-state index contributed by atoms with van der Waals surface area (Å²) in [5, 5.41) is 3.38. The Hall–Kier alpha value is -1.35. The molecule has 1 aromatic carbocycles. The summed E-state index contributed by atoms with van der Waals surface area (Å²) in [5.41, 5.74) is 2.35. The molecule has 0 radical (unpaired) electrons. The molecule has 1 N–H and O–H groups in total. The fourth-order valence-electron chi connectivity index (χ4n) is 3.04. The summed E-state index contributed by atoms with van der Waals surface area (Å²) in [4.78, 5) is 14.5. The van der Waals surface area contributed by atoms with Crippen LogP contribution >= 0.6 is 0 Å². The van der Waals surface area contributed by atoms with Gasteiger partial charge in [0.15, 0.2) is 0 Å². The lowest BCUT2D eigenvalue weighted by Gasteiger charge is -2.38. The quantitative estimate of drug-likeness (QED) is 0.914. The first-order valence-corrected chi connectivity index (χ1v) is 7.64. The van der Waals surface area contributed by atoms with E-state index in [9.17, 15) is 4.79 Å². The Morgan fingerprint density at radius 3 is 2.65 bits per heavy atom. The molecule has 0 aromatic heterocycles. The zero-order valence-electron chi connectivity index (χ0n) is 12.9. The molecule has 1 saturated heterocycles. The maximum atomic E-state index is 12.4. The lowest BCUT2D eigenvalue weighted by atomic mass is 9.90. The highest BCUT2D eigenvalue weighted by atomic mass is 16.2. The van der Waals surface area contributed by atoms with E-state index in [1.54, 1.807) is 0 Å². The van der Waals surface area contributed by atoms with Crippen molar-refractivity contribution in [3.05, 3.63) is 35.4 Å². The number of carbonyl (C=O) groups excluding carboxylic acids is 1. The van der Waals surface area contributed by atoms with Crippen molar-refractivity contribution in [2.24, 2.45) is 5.92 Å². The van der Waals surface area contributed by atoms with Crippen molar-refractivity contribution in [1.82, 2.24) is 10.2 Å². The molecule has 1 aliphatic rings. The topological polar surface area (TPSA) is 32.3 Å². The monoisotopic (exact) mass is 274 g/mol. The van der Waals surface area contributed by atoms with Crippen LogP contribution in [0.4, 0.5) is 0 Å². The Kier molecular flexibility index (Phi) is 5.18. The third-order valence-corrected chi connectivity index (χ3v) is 4.46. The van der Waals surface area contributed by atoms with Gasteiger partial charge in [-0.2, -0.15) is 0 Å². The summed E-state index contributed by atoms with van der Waals surface area (Å²) >= 11 is 0. The third kappa shape index (κ3) is 3.60. The van der Waals surface area contributed by atoms with Gasteiger partial charge in [0.05, 0.1) is 6.42 Å². The van der Waals surface area contributed by atoms with Gasteiger partial charge in [0, 0.05) is 19.1 Å². The van der Waals surface area contributed by atoms with Crippen molar-refractivity contribution < 1.29 is 4.79 Å². The molecule has 2 rings (SSSR count). The highest BCUT2D eigenvalue weighted by Crippen LogP contribution is 2.20. The van der Waals surface area contributed by atoms with Crippen LogP contribution in [0.2, 0.25) is 0 Å². The molecule has 3 heteroatoms.